The smallest absolute Gasteiger partial charge is 0.181 e. The molecular formula is C6H3Cl2O2. The van der Waals surface area contributed by atoms with Gasteiger partial charge < -0.3 is 5.11 Å². The number of rotatable bonds is 0. The summed E-state index contributed by atoms with van der Waals surface area (Å²) in [5, 5.41) is 19.5. The van der Waals surface area contributed by atoms with Gasteiger partial charge in [-0.1, -0.05) is 23.2 Å². The topological polar surface area (TPSA) is 40.1 Å². The van der Waals surface area contributed by atoms with E-state index in [1.54, 1.807) is 0 Å². The molecule has 0 aliphatic heterocycles. The molecule has 1 rings (SSSR count). The highest BCUT2D eigenvalue weighted by Gasteiger charge is 2.05. The van der Waals surface area contributed by atoms with Crippen LogP contribution in [0.3, 0.4) is 0 Å². The molecule has 0 amide bonds. The van der Waals surface area contributed by atoms with Crippen LogP contribution in [0.1, 0.15) is 0 Å². The Morgan fingerprint density at radius 3 is 2.00 bits per heavy atom. The molecule has 0 bridgehead atoms. The van der Waals surface area contributed by atoms with Gasteiger partial charge in [-0.3, -0.25) is 5.11 Å². The van der Waals surface area contributed by atoms with E-state index in [-0.39, 0.29) is 21.5 Å². The highest BCUT2D eigenvalue weighted by molar-refractivity contribution is 6.37. The molecule has 0 unspecified atom stereocenters. The van der Waals surface area contributed by atoms with Crippen LogP contribution >= 0.6 is 23.2 Å². The van der Waals surface area contributed by atoms with Crippen molar-refractivity contribution in [3.63, 3.8) is 0 Å². The molecule has 1 N–H and O–H groups in total. The van der Waals surface area contributed by atoms with E-state index in [4.69, 9.17) is 28.3 Å². The quantitative estimate of drug-likeness (QED) is 0.651. The zero-order valence-corrected chi connectivity index (χ0v) is 6.28. The summed E-state index contributed by atoms with van der Waals surface area (Å²) in [4.78, 5) is 0. The fourth-order valence-electron chi connectivity index (χ4n) is 0.542. The highest BCUT2D eigenvalue weighted by Crippen LogP contribution is 2.34. The summed E-state index contributed by atoms with van der Waals surface area (Å²) in [7, 11) is 0. The summed E-state index contributed by atoms with van der Waals surface area (Å²) in [6.07, 6.45) is 0. The van der Waals surface area contributed by atoms with E-state index in [1.807, 2.05) is 0 Å². The Bertz CT molecular complexity index is 237. The van der Waals surface area contributed by atoms with Crippen molar-refractivity contribution in [1.29, 1.82) is 0 Å². The summed E-state index contributed by atoms with van der Waals surface area (Å²) < 4.78 is 0. The average Bonchev–Trinajstić information content (AvgIpc) is 1.82. The van der Waals surface area contributed by atoms with Gasteiger partial charge >= 0.3 is 0 Å². The molecule has 0 saturated heterocycles. The lowest BCUT2D eigenvalue weighted by molar-refractivity contribution is 0.353. The molecule has 0 spiro atoms. The number of phenols is 1. The highest BCUT2D eigenvalue weighted by atomic mass is 35.5. The first-order valence-corrected chi connectivity index (χ1v) is 3.22. The first-order chi connectivity index (χ1) is 4.61. The van der Waals surface area contributed by atoms with Gasteiger partial charge in [0.2, 0.25) is 0 Å². The van der Waals surface area contributed by atoms with Crippen molar-refractivity contribution in [1.82, 2.24) is 0 Å². The van der Waals surface area contributed by atoms with Gasteiger partial charge in [-0.25, -0.2) is 0 Å². The number of halogens is 2. The summed E-state index contributed by atoms with van der Waals surface area (Å²) in [6.45, 7) is 0. The molecule has 4 heteroatoms. The van der Waals surface area contributed by atoms with Crippen molar-refractivity contribution >= 4 is 23.2 Å². The van der Waals surface area contributed by atoms with E-state index >= 15 is 0 Å². The van der Waals surface area contributed by atoms with E-state index in [1.165, 1.54) is 0 Å². The monoisotopic (exact) mass is 177 g/mol. The summed E-state index contributed by atoms with van der Waals surface area (Å²) in [5.74, 6) is -0.560. The third-order valence-corrected chi connectivity index (χ3v) is 1.57. The SMILES string of the molecule is [O]c1cc(Cl)c(O)c(Cl)c1. The Labute approximate surface area is 67.6 Å². The number of phenolic OH excluding ortho intramolecular Hbond substituents is 1. The third kappa shape index (κ3) is 1.28. The molecule has 0 aliphatic rings. The number of benzene rings is 1. The zero-order valence-electron chi connectivity index (χ0n) is 4.77. The summed E-state index contributed by atoms with van der Waals surface area (Å²) in [6, 6.07) is 2.20. The van der Waals surface area contributed by atoms with Crippen LogP contribution in [0.4, 0.5) is 0 Å². The van der Waals surface area contributed by atoms with Crippen molar-refractivity contribution in [2.24, 2.45) is 0 Å². The first kappa shape index (κ1) is 7.51. The lowest BCUT2D eigenvalue weighted by Crippen LogP contribution is -1.70. The predicted octanol–water partition coefficient (Wildman–Crippen LogP) is 2.84. The molecule has 10 heavy (non-hydrogen) atoms. The molecule has 53 valence electrons. The van der Waals surface area contributed by atoms with Crippen LogP contribution < -0.4 is 0 Å². The summed E-state index contributed by atoms with van der Waals surface area (Å²) in [5.41, 5.74) is 0. The zero-order chi connectivity index (χ0) is 7.72. The van der Waals surface area contributed by atoms with Crippen LogP contribution in [0.2, 0.25) is 10.0 Å². The molecule has 1 aromatic rings. The molecule has 0 saturated carbocycles. The van der Waals surface area contributed by atoms with Gasteiger partial charge in [0.05, 0.1) is 10.0 Å². The minimum absolute atomic E-state index is 0.0162. The van der Waals surface area contributed by atoms with Crippen molar-refractivity contribution < 1.29 is 10.2 Å². The van der Waals surface area contributed by atoms with Crippen LogP contribution in [0.15, 0.2) is 12.1 Å². The van der Waals surface area contributed by atoms with Gasteiger partial charge in [-0.15, -0.1) is 0 Å². The maximum absolute atomic E-state index is 10.6. The largest absolute Gasteiger partial charge is 0.505 e. The average molecular weight is 178 g/mol. The molecular weight excluding hydrogens is 175 g/mol. The fourth-order valence-corrected chi connectivity index (χ4v) is 1.01. The Morgan fingerprint density at radius 2 is 1.60 bits per heavy atom. The lowest BCUT2D eigenvalue weighted by Gasteiger charge is -1.97. The molecule has 0 aromatic heterocycles. The van der Waals surface area contributed by atoms with E-state index in [2.05, 4.69) is 0 Å². The van der Waals surface area contributed by atoms with Crippen molar-refractivity contribution in [2.45, 2.75) is 0 Å². The maximum atomic E-state index is 10.6. The molecule has 2 nitrogen and oxygen atoms in total. The third-order valence-electron chi connectivity index (χ3n) is 0.990. The first-order valence-electron chi connectivity index (χ1n) is 2.46. The molecule has 1 radical (unpaired) electrons. The van der Waals surface area contributed by atoms with Crippen LogP contribution in [0.5, 0.6) is 11.5 Å². The summed E-state index contributed by atoms with van der Waals surface area (Å²) >= 11 is 10.8. The lowest BCUT2D eigenvalue weighted by atomic mass is 10.3. The molecule has 0 aliphatic carbocycles. The van der Waals surface area contributed by atoms with Gasteiger partial charge in [-0.2, -0.15) is 0 Å². The molecule has 1 aromatic carbocycles. The standard InChI is InChI=1S/C6H3Cl2O2/c7-4-1-3(9)2-5(8)6(4)10/h1-2,10H. The molecule has 0 heterocycles. The van der Waals surface area contributed by atoms with Gasteiger partial charge in [0.25, 0.3) is 0 Å². The Hall–Kier alpha value is -0.600. The van der Waals surface area contributed by atoms with Crippen molar-refractivity contribution in [3.8, 4) is 11.5 Å². The van der Waals surface area contributed by atoms with Gasteiger partial charge in [0.15, 0.2) is 11.5 Å². The molecule has 0 atom stereocenters. The van der Waals surface area contributed by atoms with Gasteiger partial charge in [0, 0.05) is 12.1 Å². The van der Waals surface area contributed by atoms with Crippen LogP contribution in [-0.4, -0.2) is 5.11 Å². The van der Waals surface area contributed by atoms with E-state index in [0.717, 1.165) is 12.1 Å². The normalized spacial score (nSPS) is 9.80. The number of hydrogen-bond donors (Lipinski definition) is 1. The Kier molecular flexibility index (Phi) is 1.92. The van der Waals surface area contributed by atoms with Crippen molar-refractivity contribution in [2.75, 3.05) is 0 Å². The maximum Gasteiger partial charge on any atom is 0.181 e. The van der Waals surface area contributed by atoms with Crippen LogP contribution in [-0.2, 0) is 5.11 Å². The second-order valence-corrected chi connectivity index (χ2v) is 2.55. The Balaban J connectivity index is 3.31. The second kappa shape index (κ2) is 2.56. The van der Waals surface area contributed by atoms with Gasteiger partial charge in [0.1, 0.15) is 0 Å². The minimum Gasteiger partial charge on any atom is -0.505 e. The number of aromatic hydroxyl groups is 1. The van der Waals surface area contributed by atoms with Crippen LogP contribution in [0.25, 0.3) is 0 Å². The second-order valence-electron chi connectivity index (χ2n) is 1.74. The predicted molar refractivity (Wildman–Crippen MR) is 38.3 cm³/mol. The van der Waals surface area contributed by atoms with E-state index < -0.39 is 0 Å². The molecule has 0 fully saturated rings. The number of hydrogen-bond acceptors (Lipinski definition) is 1. The van der Waals surface area contributed by atoms with E-state index in [9.17, 15) is 5.11 Å². The van der Waals surface area contributed by atoms with Crippen molar-refractivity contribution in [3.05, 3.63) is 22.2 Å². The van der Waals surface area contributed by atoms with E-state index in [0.29, 0.717) is 0 Å². The minimum atomic E-state index is -0.312. The Morgan fingerprint density at radius 1 is 1.20 bits per heavy atom. The van der Waals surface area contributed by atoms with Crippen LogP contribution in [0, 0.1) is 0 Å². The van der Waals surface area contributed by atoms with Gasteiger partial charge in [-0.05, 0) is 0 Å². The fraction of sp³-hybridized carbons (Fsp3) is 0.